The largest absolute Gasteiger partial charge is 0.493 e. The Balaban J connectivity index is 1.51. The van der Waals surface area contributed by atoms with E-state index in [1.807, 2.05) is 71.4 Å². The summed E-state index contributed by atoms with van der Waals surface area (Å²) in [7, 11) is 1.56. The minimum atomic E-state index is -0.262. The van der Waals surface area contributed by atoms with E-state index in [9.17, 15) is 4.79 Å². The number of carbonyl (C=O) groups is 1. The van der Waals surface area contributed by atoms with Crippen LogP contribution in [0.4, 0.5) is 5.69 Å². The number of amides is 1. The third-order valence-corrected chi connectivity index (χ3v) is 4.27. The van der Waals surface area contributed by atoms with Gasteiger partial charge in [-0.25, -0.2) is 4.98 Å². The fourth-order valence-corrected chi connectivity index (χ4v) is 2.95. The van der Waals surface area contributed by atoms with Crippen molar-refractivity contribution in [3.05, 3.63) is 79.1 Å². The maximum atomic E-state index is 12.4. The highest BCUT2D eigenvalue weighted by Gasteiger charge is 2.12. The Kier molecular flexibility index (Phi) is 4.93. The molecular formula is C22H19N3O3. The Labute approximate surface area is 162 Å². The third-order valence-electron chi connectivity index (χ3n) is 4.27. The molecule has 0 saturated carbocycles. The third kappa shape index (κ3) is 3.66. The Morgan fingerprint density at radius 2 is 1.75 bits per heavy atom. The molecule has 1 amide bonds. The lowest BCUT2D eigenvalue weighted by atomic mass is 10.1. The van der Waals surface area contributed by atoms with Crippen LogP contribution in [0.1, 0.15) is 0 Å². The van der Waals surface area contributed by atoms with Gasteiger partial charge in [0.25, 0.3) is 5.91 Å². The van der Waals surface area contributed by atoms with E-state index in [-0.39, 0.29) is 12.5 Å². The van der Waals surface area contributed by atoms with Crippen LogP contribution in [0.5, 0.6) is 11.5 Å². The van der Waals surface area contributed by atoms with Crippen molar-refractivity contribution >= 4 is 17.2 Å². The van der Waals surface area contributed by atoms with Crippen LogP contribution >= 0.6 is 0 Å². The predicted molar refractivity (Wildman–Crippen MR) is 108 cm³/mol. The molecule has 2 aromatic carbocycles. The zero-order chi connectivity index (χ0) is 19.3. The highest BCUT2D eigenvalue weighted by molar-refractivity contribution is 5.96. The maximum absolute atomic E-state index is 12.4. The molecule has 4 rings (SSSR count). The fraction of sp³-hybridized carbons (Fsp3) is 0.0909. The number of rotatable bonds is 6. The van der Waals surface area contributed by atoms with Crippen molar-refractivity contribution in [3.8, 4) is 22.8 Å². The van der Waals surface area contributed by atoms with Crippen LogP contribution in [0, 0.1) is 0 Å². The number of aromatic nitrogens is 2. The van der Waals surface area contributed by atoms with Crippen molar-refractivity contribution in [2.75, 3.05) is 19.0 Å². The number of imidazole rings is 1. The van der Waals surface area contributed by atoms with Crippen LogP contribution < -0.4 is 14.8 Å². The van der Waals surface area contributed by atoms with Gasteiger partial charge in [-0.1, -0.05) is 36.4 Å². The molecule has 2 heterocycles. The summed E-state index contributed by atoms with van der Waals surface area (Å²) in [5.74, 6) is 0.844. The predicted octanol–water partition coefficient (Wildman–Crippen LogP) is 4.03. The normalized spacial score (nSPS) is 10.6. The minimum absolute atomic E-state index is 0.125. The fourth-order valence-electron chi connectivity index (χ4n) is 2.95. The summed E-state index contributed by atoms with van der Waals surface area (Å²) in [6.45, 7) is -0.125. The lowest BCUT2D eigenvalue weighted by molar-refractivity contribution is -0.118. The van der Waals surface area contributed by atoms with Crippen molar-refractivity contribution in [3.63, 3.8) is 0 Å². The molecule has 6 heteroatoms. The number of fused-ring (bicyclic) bond motifs is 1. The van der Waals surface area contributed by atoms with Gasteiger partial charge in [0.2, 0.25) is 0 Å². The molecule has 0 saturated heterocycles. The zero-order valence-corrected chi connectivity index (χ0v) is 15.3. The summed E-state index contributed by atoms with van der Waals surface area (Å²) < 4.78 is 12.8. The van der Waals surface area contributed by atoms with Crippen LogP contribution in [-0.4, -0.2) is 29.0 Å². The number of hydrogen-bond acceptors (Lipinski definition) is 4. The van der Waals surface area contributed by atoms with E-state index in [1.165, 1.54) is 0 Å². The zero-order valence-electron chi connectivity index (χ0n) is 15.3. The lowest BCUT2D eigenvalue weighted by Crippen LogP contribution is -2.20. The smallest absolute Gasteiger partial charge is 0.262 e. The van der Waals surface area contributed by atoms with Gasteiger partial charge in [0.15, 0.2) is 18.1 Å². The maximum Gasteiger partial charge on any atom is 0.262 e. The molecule has 0 aliphatic carbocycles. The van der Waals surface area contributed by atoms with E-state index in [2.05, 4.69) is 10.3 Å². The van der Waals surface area contributed by atoms with Gasteiger partial charge >= 0.3 is 0 Å². The van der Waals surface area contributed by atoms with E-state index in [0.29, 0.717) is 17.2 Å². The second-order valence-corrected chi connectivity index (χ2v) is 6.13. The first-order chi connectivity index (χ1) is 13.7. The molecule has 2 aromatic heterocycles. The summed E-state index contributed by atoms with van der Waals surface area (Å²) in [5.41, 5.74) is 3.15. The molecule has 28 heavy (non-hydrogen) atoms. The van der Waals surface area contributed by atoms with Gasteiger partial charge in [-0.05, 0) is 30.3 Å². The summed E-state index contributed by atoms with van der Waals surface area (Å²) in [5, 5.41) is 2.91. The first-order valence-electron chi connectivity index (χ1n) is 8.83. The number of para-hydroxylation sites is 3. The minimum Gasteiger partial charge on any atom is -0.493 e. The van der Waals surface area contributed by atoms with Crippen molar-refractivity contribution in [2.45, 2.75) is 0 Å². The van der Waals surface area contributed by atoms with Gasteiger partial charge in [0.1, 0.15) is 5.65 Å². The molecule has 0 aliphatic heterocycles. The average molecular weight is 373 g/mol. The topological polar surface area (TPSA) is 64.9 Å². The van der Waals surface area contributed by atoms with Crippen LogP contribution in [0.3, 0.4) is 0 Å². The van der Waals surface area contributed by atoms with Gasteiger partial charge in [-0.15, -0.1) is 0 Å². The first kappa shape index (κ1) is 17.6. The Hall–Kier alpha value is -3.80. The van der Waals surface area contributed by atoms with E-state index in [0.717, 1.165) is 16.9 Å². The number of carbonyl (C=O) groups excluding carboxylic acids is 1. The van der Waals surface area contributed by atoms with Gasteiger partial charge in [0, 0.05) is 18.0 Å². The van der Waals surface area contributed by atoms with Crippen molar-refractivity contribution < 1.29 is 14.3 Å². The summed E-state index contributed by atoms with van der Waals surface area (Å²) in [4.78, 5) is 17.1. The molecule has 0 fully saturated rings. The molecule has 6 nitrogen and oxygen atoms in total. The molecule has 0 radical (unpaired) electrons. The van der Waals surface area contributed by atoms with Crippen LogP contribution in [0.25, 0.3) is 16.9 Å². The Morgan fingerprint density at radius 1 is 1.00 bits per heavy atom. The average Bonchev–Trinajstić information content (AvgIpc) is 3.17. The number of hydrogen-bond donors (Lipinski definition) is 1. The summed E-state index contributed by atoms with van der Waals surface area (Å²) >= 11 is 0. The van der Waals surface area contributed by atoms with Crippen molar-refractivity contribution in [2.24, 2.45) is 0 Å². The molecule has 0 atom stereocenters. The number of nitrogens with one attached hydrogen (secondary N) is 1. The highest BCUT2D eigenvalue weighted by atomic mass is 16.5. The molecule has 4 aromatic rings. The van der Waals surface area contributed by atoms with Gasteiger partial charge in [-0.2, -0.15) is 0 Å². The van der Waals surface area contributed by atoms with Gasteiger partial charge in [0.05, 0.1) is 18.5 Å². The molecule has 1 N–H and O–H groups in total. The van der Waals surface area contributed by atoms with E-state index >= 15 is 0 Å². The van der Waals surface area contributed by atoms with Crippen LogP contribution in [0.15, 0.2) is 79.1 Å². The van der Waals surface area contributed by atoms with E-state index in [4.69, 9.17) is 9.47 Å². The Bertz CT molecular complexity index is 1090. The summed E-state index contributed by atoms with van der Waals surface area (Å²) in [6.07, 6.45) is 3.87. The second kappa shape index (κ2) is 7.84. The highest BCUT2D eigenvalue weighted by Crippen LogP contribution is 2.28. The quantitative estimate of drug-likeness (QED) is 0.554. The van der Waals surface area contributed by atoms with Gasteiger partial charge in [-0.3, -0.25) is 4.79 Å². The monoisotopic (exact) mass is 373 g/mol. The lowest BCUT2D eigenvalue weighted by Gasteiger charge is -2.12. The number of ether oxygens (including phenoxy) is 2. The SMILES string of the molecule is COc1ccccc1OCC(=O)Nc1ccccc1-c1cn2ccccc2n1. The van der Waals surface area contributed by atoms with Crippen LogP contribution in [-0.2, 0) is 4.79 Å². The Morgan fingerprint density at radius 3 is 2.57 bits per heavy atom. The second-order valence-electron chi connectivity index (χ2n) is 6.13. The van der Waals surface area contributed by atoms with Gasteiger partial charge < -0.3 is 19.2 Å². The standard InChI is InChI=1S/C22H19N3O3/c1-27-19-10-4-5-11-20(19)28-15-22(26)24-17-9-3-2-8-16(17)18-14-25-13-7-6-12-21(25)23-18/h2-14H,15H2,1H3,(H,24,26). The van der Waals surface area contributed by atoms with E-state index in [1.54, 1.807) is 19.2 Å². The van der Waals surface area contributed by atoms with Crippen molar-refractivity contribution in [1.82, 2.24) is 9.38 Å². The van der Waals surface area contributed by atoms with E-state index < -0.39 is 0 Å². The molecule has 0 bridgehead atoms. The summed E-state index contributed by atoms with van der Waals surface area (Å²) in [6, 6.07) is 20.6. The van der Waals surface area contributed by atoms with Crippen molar-refractivity contribution in [1.29, 1.82) is 0 Å². The molecule has 0 unspecified atom stereocenters. The number of benzene rings is 2. The number of anilines is 1. The molecule has 140 valence electrons. The molecule has 0 aliphatic rings. The molecular weight excluding hydrogens is 354 g/mol. The van der Waals surface area contributed by atoms with Crippen LogP contribution in [0.2, 0.25) is 0 Å². The number of pyridine rings is 1. The number of nitrogens with zero attached hydrogens (tertiary/aromatic N) is 2. The number of methoxy groups -OCH3 is 1. The molecule has 0 spiro atoms. The first-order valence-corrected chi connectivity index (χ1v) is 8.83.